The van der Waals surface area contributed by atoms with Gasteiger partial charge in [0.1, 0.15) is 6.33 Å². The third-order valence-electron chi connectivity index (χ3n) is 7.56. The Morgan fingerprint density at radius 1 is 0.976 bits per heavy atom. The highest BCUT2D eigenvalue weighted by atomic mass is 32.1. The van der Waals surface area contributed by atoms with Gasteiger partial charge in [-0.2, -0.15) is 0 Å². The van der Waals surface area contributed by atoms with Crippen LogP contribution in [0.15, 0.2) is 67.0 Å². The van der Waals surface area contributed by atoms with Crippen LogP contribution in [-0.2, 0) is 6.42 Å². The van der Waals surface area contributed by atoms with Gasteiger partial charge in [0.25, 0.3) is 5.91 Å². The lowest BCUT2D eigenvalue weighted by atomic mass is 10.0. The lowest BCUT2D eigenvalue weighted by molar-refractivity contribution is 0.102. The number of likely N-dealkylation sites (N-methyl/N-ethyl adjacent to an activating group) is 1. The highest BCUT2D eigenvalue weighted by Gasteiger charge is 2.16. The third-order valence-corrected chi connectivity index (χ3v) is 8.49. The molecule has 5 aromatic rings. The van der Waals surface area contributed by atoms with Crippen molar-refractivity contribution in [3.63, 3.8) is 0 Å². The van der Waals surface area contributed by atoms with Gasteiger partial charge in [-0.15, -0.1) is 0 Å². The number of ether oxygens (including phenoxy) is 2. The first-order chi connectivity index (χ1) is 20.6. The highest BCUT2D eigenvalue weighted by Crippen LogP contribution is 2.34. The molecule has 1 N–H and O–H groups in total. The summed E-state index contributed by atoms with van der Waals surface area (Å²) in [5, 5.41) is 4.43. The number of fused-ring (bicyclic) bond motifs is 2. The van der Waals surface area contributed by atoms with Crippen LogP contribution >= 0.6 is 11.3 Å². The molecule has 2 aromatic heterocycles. The van der Waals surface area contributed by atoms with E-state index in [1.807, 2.05) is 36.4 Å². The van der Waals surface area contributed by atoms with Crippen LogP contribution in [0.3, 0.4) is 0 Å². The zero-order valence-electron chi connectivity index (χ0n) is 23.9. The Morgan fingerprint density at radius 2 is 1.81 bits per heavy atom. The number of rotatable bonds is 10. The number of nitrogens with one attached hydrogen (secondary N) is 1. The van der Waals surface area contributed by atoms with Crippen LogP contribution < -0.4 is 14.8 Å². The van der Waals surface area contributed by atoms with Gasteiger partial charge in [0.15, 0.2) is 16.6 Å². The molecule has 1 saturated heterocycles. The second-order valence-electron chi connectivity index (χ2n) is 10.5. The summed E-state index contributed by atoms with van der Waals surface area (Å²) in [6, 6.07) is 19.2. The minimum Gasteiger partial charge on any atom is -0.493 e. The van der Waals surface area contributed by atoms with E-state index in [2.05, 4.69) is 49.2 Å². The maximum absolute atomic E-state index is 12.6. The predicted molar refractivity (Wildman–Crippen MR) is 167 cm³/mol. The summed E-state index contributed by atoms with van der Waals surface area (Å²) in [6.45, 7) is 6.08. The van der Waals surface area contributed by atoms with Crippen molar-refractivity contribution in [1.29, 1.82) is 0 Å². The number of aromatic nitrogens is 3. The third kappa shape index (κ3) is 6.51. The molecule has 1 aliphatic heterocycles. The van der Waals surface area contributed by atoms with E-state index < -0.39 is 0 Å². The Balaban J connectivity index is 1.16. The number of amides is 1. The zero-order chi connectivity index (χ0) is 28.9. The minimum absolute atomic E-state index is 0.171. The molecule has 42 heavy (non-hydrogen) atoms. The number of hydrogen-bond donors (Lipinski definition) is 1. The normalized spacial score (nSPS) is 14.3. The first kappa shape index (κ1) is 28.0. The van der Waals surface area contributed by atoms with E-state index in [-0.39, 0.29) is 5.91 Å². The van der Waals surface area contributed by atoms with Crippen molar-refractivity contribution in [2.75, 3.05) is 58.8 Å². The van der Waals surface area contributed by atoms with Crippen LogP contribution in [0, 0.1) is 0 Å². The van der Waals surface area contributed by atoms with Gasteiger partial charge >= 0.3 is 0 Å². The number of hydrogen-bond acceptors (Lipinski definition) is 9. The van der Waals surface area contributed by atoms with Crippen molar-refractivity contribution in [2.24, 2.45) is 0 Å². The standard InChI is InChI=1S/C32H34N6O3S/c1-37-12-14-38(15-13-37)11-6-16-41-29-19-24-26(33-21-34-27(24)20-28(29)40-2)17-22-9-10-25-30(18-22)42-32(35-25)36-31(39)23-7-4-3-5-8-23/h3-5,7-10,18-21H,6,11-17H2,1-2H3,(H,35,36,39). The molecule has 0 saturated carbocycles. The molecule has 1 amide bonds. The molecule has 3 aromatic carbocycles. The molecule has 0 unspecified atom stereocenters. The average Bonchev–Trinajstić information content (AvgIpc) is 3.42. The summed E-state index contributed by atoms with van der Waals surface area (Å²) in [6.07, 6.45) is 3.16. The van der Waals surface area contributed by atoms with E-state index in [0.717, 1.165) is 71.5 Å². The van der Waals surface area contributed by atoms with E-state index in [9.17, 15) is 4.79 Å². The minimum atomic E-state index is -0.171. The summed E-state index contributed by atoms with van der Waals surface area (Å²) in [5.41, 5.74) is 4.26. The van der Waals surface area contributed by atoms with Crippen molar-refractivity contribution in [3.8, 4) is 11.5 Å². The maximum Gasteiger partial charge on any atom is 0.257 e. The van der Waals surface area contributed by atoms with Gasteiger partial charge in [0, 0.05) is 56.2 Å². The SMILES string of the molecule is COc1cc2ncnc(Cc3ccc4nc(NC(=O)c5ccccc5)sc4c3)c2cc1OCCCN1CCN(C)CC1. The van der Waals surface area contributed by atoms with Crippen LogP contribution in [0.2, 0.25) is 0 Å². The predicted octanol–water partition coefficient (Wildman–Crippen LogP) is 5.11. The molecule has 0 atom stereocenters. The quantitative estimate of drug-likeness (QED) is 0.227. The first-order valence-corrected chi connectivity index (χ1v) is 15.0. The highest BCUT2D eigenvalue weighted by molar-refractivity contribution is 7.22. The number of carbonyl (C=O) groups is 1. The molecule has 9 nitrogen and oxygen atoms in total. The van der Waals surface area contributed by atoms with Crippen LogP contribution in [0.4, 0.5) is 5.13 Å². The molecule has 6 rings (SSSR count). The fraction of sp³-hybridized carbons (Fsp3) is 0.312. The molecule has 10 heteroatoms. The van der Waals surface area contributed by atoms with Gasteiger partial charge < -0.3 is 19.3 Å². The maximum atomic E-state index is 12.6. The van der Waals surface area contributed by atoms with Gasteiger partial charge in [0.2, 0.25) is 0 Å². The van der Waals surface area contributed by atoms with Crippen LogP contribution in [-0.4, -0.2) is 84.1 Å². The van der Waals surface area contributed by atoms with Gasteiger partial charge in [-0.05, 0) is 49.4 Å². The zero-order valence-corrected chi connectivity index (χ0v) is 24.7. The molecule has 0 radical (unpaired) electrons. The topological polar surface area (TPSA) is 92.7 Å². The van der Waals surface area contributed by atoms with E-state index in [4.69, 9.17) is 9.47 Å². The Kier molecular flexibility index (Phi) is 8.55. The molecule has 0 aliphatic carbocycles. The summed E-state index contributed by atoms with van der Waals surface area (Å²) >= 11 is 1.46. The average molecular weight is 583 g/mol. The Bertz CT molecular complexity index is 1680. The molecule has 0 bridgehead atoms. The van der Waals surface area contributed by atoms with Crippen LogP contribution in [0.1, 0.15) is 28.0 Å². The van der Waals surface area contributed by atoms with E-state index in [1.165, 1.54) is 11.3 Å². The lowest BCUT2D eigenvalue weighted by Gasteiger charge is -2.32. The van der Waals surface area contributed by atoms with Crippen LogP contribution in [0.5, 0.6) is 11.5 Å². The van der Waals surface area contributed by atoms with Gasteiger partial charge in [0.05, 0.1) is 35.1 Å². The fourth-order valence-electron chi connectivity index (χ4n) is 5.16. The van der Waals surface area contributed by atoms with Gasteiger partial charge in [-0.3, -0.25) is 10.1 Å². The summed E-state index contributed by atoms with van der Waals surface area (Å²) < 4.78 is 12.9. The number of anilines is 1. The number of piperazine rings is 1. The van der Waals surface area contributed by atoms with Crippen molar-refractivity contribution in [1.82, 2.24) is 24.8 Å². The molecule has 216 valence electrons. The smallest absolute Gasteiger partial charge is 0.257 e. The Hall–Kier alpha value is -4.12. The molecule has 3 heterocycles. The molecule has 1 aliphatic rings. The summed E-state index contributed by atoms with van der Waals surface area (Å²) in [5.74, 6) is 1.20. The number of thiazole rings is 1. The van der Waals surface area contributed by atoms with Gasteiger partial charge in [-0.25, -0.2) is 15.0 Å². The summed E-state index contributed by atoms with van der Waals surface area (Å²) in [7, 11) is 3.83. The van der Waals surface area contributed by atoms with Gasteiger partial charge in [-0.1, -0.05) is 35.6 Å². The molecule has 1 fully saturated rings. The fourth-order valence-corrected chi connectivity index (χ4v) is 6.08. The second kappa shape index (κ2) is 12.8. The molecule has 0 spiro atoms. The van der Waals surface area contributed by atoms with Crippen molar-refractivity contribution >= 4 is 43.5 Å². The number of nitrogens with zero attached hydrogens (tertiary/aromatic N) is 5. The monoisotopic (exact) mass is 582 g/mol. The van der Waals surface area contributed by atoms with Crippen LogP contribution in [0.25, 0.3) is 21.1 Å². The number of methoxy groups -OCH3 is 1. The second-order valence-corrected chi connectivity index (χ2v) is 11.5. The first-order valence-electron chi connectivity index (χ1n) is 14.2. The number of benzene rings is 3. The molecular formula is C32H34N6O3S. The molecular weight excluding hydrogens is 548 g/mol. The largest absolute Gasteiger partial charge is 0.493 e. The van der Waals surface area contributed by atoms with E-state index in [0.29, 0.717) is 35.2 Å². The van der Waals surface area contributed by atoms with E-state index >= 15 is 0 Å². The Labute approximate surface area is 249 Å². The van der Waals surface area contributed by atoms with E-state index in [1.54, 1.807) is 25.6 Å². The summed E-state index contributed by atoms with van der Waals surface area (Å²) in [4.78, 5) is 31.2. The Morgan fingerprint density at radius 3 is 2.62 bits per heavy atom. The lowest BCUT2D eigenvalue weighted by Crippen LogP contribution is -2.44. The van der Waals surface area contributed by atoms with Crippen molar-refractivity contribution in [2.45, 2.75) is 12.8 Å². The number of carbonyl (C=O) groups excluding carboxylic acids is 1. The van der Waals surface area contributed by atoms with Crippen molar-refractivity contribution < 1.29 is 14.3 Å². The van der Waals surface area contributed by atoms with Crippen molar-refractivity contribution in [3.05, 3.63) is 83.8 Å².